The van der Waals surface area contributed by atoms with Crippen molar-refractivity contribution in [1.82, 2.24) is 9.97 Å². The van der Waals surface area contributed by atoms with Crippen LogP contribution in [0.4, 0.5) is 0 Å². The van der Waals surface area contributed by atoms with E-state index in [4.69, 9.17) is 11.6 Å². The number of rotatable bonds is 2. The Morgan fingerprint density at radius 1 is 1.17 bits per heavy atom. The van der Waals surface area contributed by atoms with Crippen LogP contribution >= 0.6 is 22.9 Å². The first-order valence-electron chi connectivity index (χ1n) is 8.19. The molecule has 0 spiro atoms. The van der Waals surface area contributed by atoms with E-state index in [1.165, 1.54) is 23.3 Å². The summed E-state index contributed by atoms with van der Waals surface area (Å²) >= 11 is 7.68. The lowest BCUT2D eigenvalue weighted by atomic mass is 10.1. The summed E-state index contributed by atoms with van der Waals surface area (Å²) in [6.07, 6.45) is 9.43. The van der Waals surface area contributed by atoms with Crippen molar-refractivity contribution in [3.63, 3.8) is 0 Å². The zero-order chi connectivity index (χ0) is 16.5. The first kappa shape index (κ1) is 15.6. The molecular weight excluding hydrogens is 340 g/mol. The van der Waals surface area contributed by atoms with Crippen molar-refractivity contribution in [1.29, 1.82) is 0 Å². The lowest BCUT2D eigenvalue weighted by Gasteiger charge is -1.99. The van der Waals surface area contributed by atoms with Crippen LogP contribution in [0, 0.1) is 0 Å². The van der Waals surface area contributed by atoms with Crippen LogP contribution in [0.1, 0.15) is 41.1 Å². The van der Waals surface area contributed by atoms with Crippen molar-refractivity contribution in [2.45, 2.75) is 32.1 Å². The van der Waals surface area contributed by atoms with E-state index in [9.17, 15) is 4.79 Å². The van der Waals surface area contributed by atoms with Crippen LogP contribution in [0.3, 0.4) is 0 Å². The Labute approximate surface area is 149 Å². The monoisotopic (exact) mass is 356 g/mol. The smallest absolute Gasteiger partial charge is 0.260 e. The molecule has 24 heavy (non-hydrogen) atoms. The van der Waals surface area contributed by atoms with Crippen LogP contribution in [-0.4, -0.2) is 9.97 Å². The quantitative estimate of drug-likeness (QED) is 0.651. The molecule has 1 aliphatic rings. The van der Waals surface area contributed by atoms with E-state index in [1.54, 1.807) is 11.3 Å². The SMILES string of the molecule is O=c1[nH]c(/C=C/c2cccc(Cl)c2)nc2sc3c(c12)CCCCC3. The number of aromatic amines is 1. The summed E-state index contributed by atoms with van der Waals surface area (Å²) in [6.45, 7) is 0. The Balaban J connectivity index is 1.74. The van der Waals surface area contributed by atoms with Gasteiger partial charge < -0.3 is 4.98 Å². The number of nitrogens with one attached hydrogen (secondary N) is 1. The van der Waals surface area contributed by atoms with Gasteiger partial charge in [-0.1, -0.05) is 36.2 Å². The van der Waals surface area contributed by atoms with Crippen LogP contribution in [0.2, 0.25) is 5.02 Å². The maximum absolute atomic E-state index is 12.6. The number of aromatic nitrogens is 2. The molecule has 1 N–H and O–H groups in total. The summed E-state index contributed by atoms with van der Waals surface area (Å²) < 4.78 is 0. The lowest BCUT2D eigenvalue weighted by molar-refractivity contribution is 0.713. The fourth-order valence-electron chi connectivity index (χ4n) is 3.22. The normalized spacial score (nSPS) is 14.9. The summed E-state index contributed by atoms with van der Waals surface area (Å²) in [5.41, 5.74) is 2.18. The minimum absolute atomic E-state index is 0.0230. The molecule has 3 nitrogen and oxygen atoms in total. The molecule has 0 saturated carbocycles. The summed E-state index contributed by atoms with van der Waals surface area (Å²) in [5, 5.41) is 1.49. The van der Waals surface area contributed by atoms with Crippen molar-refractivity contribution in [2.24, 2.45) is 0 Å². The lowest BCUT2D eigenvalue weighted by Crippen LogP contribution is -2.10. The molecule has 122 valence electrons. The van der Waals surface area contributed by atoms with Gasteiger partial charge in [0.05, 0.1) is 5.39 Å². The highest BCUT2D eigenvalue weighted by Crippen LogP contribution is 2.32. The molecule has 0 bridgehead atoms. The minimum Gasteiger partial charge on any atom is -0.306 e. The second-order valence-corrected chi connectivity index (χ2v) is 7.60. The van der Waals surface area contributed by atoms with Gasteiger partial charge in [-0.05, 0) is 55.0 Å². The largest absolute Gasteiger partial charge is 0.306 e. The highest BCUT2D eigenvalue weighted by Gasteiger charge is 2.18. The molecule has 0 amide bonds. The Morgan fingerprint density at radius 2 is 2.04 bits per heavy atom. The summed E-state index contributed by atoms with van der Waals surface area (Å²) in [5.74, 6) is 0.587. The van der Waals surface area contributed by atoms with Crippen molar-refractivity contribution in [2.75, 3.05) is 0 Å². The third kappa shape index (κ3) is 3.04. The van der Waals surface area contributed by atoms with E-state index in [1.807, 2.05) is 36.4 Å². The zero-order valence-electron chi connectivity index (χ0n) is 13.1. The maximum atomic E-state index is 12.6. The topological polar surface area (TPSA) is 45.8 Å². The van der Waals surface area contributed by atoms with Gasteiger partial charge in [-0.2, -0.15) is 0 Å². The predicted octanol–water partition coefficient (Wildman–Crippen LogP) is 5.08. The molecule has 0 unspecified atom stereocenters. The van der Waals surface area contributed by atoms with E-state index in [-0.39, 0.29) is 5.56 Å². The van der Waals surface area contributed by atoms with Crippen LogP contribution in [0.25, 0.3) is 22.4 Å². The Bertz CT molecular complexity index is 987. The minimum atomic E-state index is -0.0230. The molecule has 0 fully saturated rings. The van der Waals surface area contributed by atoms with Crippen molar-refractivity contribution < 1.29 is 0 Å². The number of thiophene rings is 1. The molecule has 1 aromatic carbocycles. The number of fused-ring (bicyclic) bond motifs is 3. The van der Waals surface area contributed by atoms with Crippen LogP contribution in [-0.2, 0) is 12.8 Å². The third-order valence-electron chi connectivity index (χ3n) is 4.38. The number of hydrogen-bond donors (Lipinski definition) is 1. The molecule has 2 heterocycles. The molecule has 5 heteroatoms. The summed E-state index contributed by atoms with van der Waals surface area (Å²) in [4.78, 5) is 22.3. The van der Waals surface area contributed by atoms with E-state index in [0.717, 1.165) is 35.0 Å². The molecule has 1 aliphatic carbocycles. The first-order chi connectivity index (χ1) is 11.7. The van der Waals surface area contributed by atoms with Gasteiger partial charge in [0.1, 0.15) is 10.7 Å². The van der Waals surface area contributed by atoms with E-state index >= 15 is 0 Å². The fraction of sp³-hybridized carbons (Fsp3) is 0.263. The van der Waals surface area contributed by atoms with E-state index in [2.05, 4.69) is 9.97 Å². The highest BCUT2D eigenvalue weighted by atomic mass is 35.5. The second kappa shape index (κ2) is 6.54. The average molecular weight is 357 g/mol. The van der Waals surface area contributed by atoms with E-state index < -0.39 is 0 Å². The highest BCUT2D eigenvalue weighted by molar-refractivity contribution is 7.18. The number of aryl methyl sites for hydroxylation is 2. The van der Waals surface area contributed by atoms with Crippen LogP contribution in [0.15, 0.2) is 29.1 Å². The van der Waals surface area contributed by atoms with Crippen LogP contribution < -0.4 is 5.56 Å². The number of nitrogens with zero attached hydrogens (tertiary/aromatic N) is 1. The van der Waals surface area contributed by atoms with Crippen molar-refractivity contribution in [3.8, 4) is 0 Å². The van der Waals surface area contributed by atoms with Gasteiger partial charge in [-0.25, -0.2) is 4.98 Å². The molecule has 3 aromatic rings. The van der Waals surface area contributed by atoms with Gasteiger partial charge in [0.2, 0.25) is 0 Å². The van der Waals surface area contributed by atoms with Gasteiger partial charge in [0, 0.05) is 9.90 Å². The first-order valence-corrected chi connectivity index (χ1v) is 9.38. The molecule has 0 atom stereocenters. The van der Waals surface area contributed by atoms with Gasteiger partial charge >= 0.3 is 0 Å². The Morgan fingerprint density at radius 3 is 2.92 bits per heavy atom. The second-order valence-electron chi connectivity index (χ2n) is 6.08. The number of H-pyrrole nitrogens is 1. The molecule has 2 aromatic heterocycles. The molecule has 0 saturated heterocycles. The zero-order valence-corrected chi connectivity index (χ0v) is 14.7. The van der Waals surface area contributed by atoms with Crippen molar-refractivity contribution >= 4 is 45.3 Å². The van der Waals surface area contributed by atoms with Gasteiger partial charge in [0.15, 0.2) is 0 Å². The number of hydrogen-bond acceptors (Lipinski definition) is 3. The Hall–Kier alpha value is -1.91. The van der Waals surface area contributed by atoms with Crippen molar-refractivity contribution in [3.05, 3.63) is 61.5 Å². The molecular formula is C19H17ClN2OS. The molecule has 4 rings (SSSR count). The third-order valence-corrected chi connectivity index (χ3v) is 5.80. The van der Waals surface area contributed by atoms with Gasteiger partial charge in [0.25, 0.3) is 5.56 Å². The average Bonchev–Trinajstić information content (AvgIpc) is 2.75. The van der Waals surface area contributed by atoms with Gasteiger partial charge in [-0.15, -0.1) is 11.3 Å². The number of halogens is 1. The number of benzene rings is 1. The molecule has 0 aliphatic heterocycles. The Kier molecular flexibility index (Phi) is 4.25. The maximum Gasteiger partial charge on any atom is 0.260 e. The van der Waals surface area contributed by atoms with Gasteiger partial charge in [-0.3, -0.25) is 4.79 Å². The predicted molar refractivity (Wildman–Crippen MR) is 102 cm³/mol. The summed E-state index contributed by atoms with van der Waals surface area (Å²) in [7, 11) is 0. The summed E-state index contributed by atoms with van der Waals surface area (Å²) in [6, 6.07) is 7.58. The standard InChI is InChI=1S/C19H17ClN2OS/c20-13-6-4-5-12(11-13)9-10-16-21-18(23)17-14-7-2-1-3-8-15(14)24-19(17)22-16/h4-6,9-11H,1-3,7-8H2,(H,21,22,23)/b10-9+. The van der Waals surface area contributed by atoms with Crippen LogP contribution in [0.5, 0.6) is 0 Å². The van der Waals surface area contributed by atoms with E-state index in [0.29, 0.717) is 10.8 Å². The molecule has 0 radical (unpaired) electrons. The fourth-order valence-corrected chi connectivity index (χ4v) is 4.69.